The Morgan fingerprint density at radius 1 is 0.903 bits per heavy atom. The minimum absolute atomic E-state index is 0.00875. The summed E-state index contributed by atoms with van der Waals surface area (Å²) in [4.78, 5) is 37.0. The van der Waals surface area contributed by atoms with Gasteiger partial charge >= 0.3 is 6.09 Å². The Hall–Kier alpha value is -3.59. The van der Waals surface area contributed by atoms with Gasteiger partial charge in [-0.1, -0.05) is 42.5 Å². The molecule has 0 aromatic heterocycles. The summed E-state index contributed by atoms with van der Waals surface area (Å²) in [6.07, 6.45) is -0.708. The first-order valence-corrected chi connectivity index (χ1v) is 9.87. The predicted molar refractivity (Wildman–Crippen MR) is 113 cm³/mol. The lowest BCUT2D eigenvalue weighted by molar-refractivity contribution is -0.130. The van der Waals surface area contributed by atoms with Gasteiger partial charge in [0.05, 0.1) is 6.61 Å². The average Bonchev–Trinajstić information content (AvgIpc) is 2.77. The van der Waals surface area contributed by atoms with Gasteiger partial charge < -0.3 is 30.9 Å². The molecule has 2 unspecified atom stereocenters. The third-order valence-corrected chi connectivity index (χ3v) is 4.36. The van der Waals surface area contributed by atoms with E-state index in [9.17, 15) is 24.6 Å². The van der Waals surface area contributed by atoms with Crippen molar-refractivity contribution in [2.45, 2.75) is 32.0 Å². The second-order valence-electron chi connectivity index (χ2n) is 6.77. The van der Waals surface area contributed by atoms with Crippen LogP contribution in [0.15, 0.2) is 54.6 Å². The highest BCUT2D eigenvalue weighted by atomic mass is 16.5. The van der Waals surface area contributed by atoms with Crippen LogP contribution in [0.25, 0.3) is 0 Å². The van der Waals surface area contributed by atoms with Gasteiger partial charge in [-0.3, -0.25) is 9.59 Å². The molecule has 0 saturated heterocycles. The number of rotatable bonds is 10. The summed E-state index contributed by atoms with van der Waals surface area (Å²) in [5.74, 6) is -1.05. The van der Waals surface area contributed by atoms with E-state index in [1.165, 1.54) is 12.1 Å². The van der Waals surface area contributed by atoms with Crippen molar-refractivity contribution in [2.75, 3.05) is 13.2 Å². The number of aliphatic hydroxyl groups is 1. The number of alkyl carbamates (subject to hydrolysis) is 1. The summed E-state index contributed by atoms with van der Waals surface area (Å²) >= 11 is 0. The smallest absolute Gasteiger partial charge is 0.408 e. The Labute approximate surface area is 180 Å². The number of hydrogen-bond donors (Lipinski definition) is 5. The molecule has 0 radical (unpaired) electrons. The van der Waals surface area contributed by atoms with Crippen LogP contribution in [0.1, 0.15) is 18.1 Å². The standard InChI is InChI=1S/C22H27N3O6/c1-2-23-20(28)18(12-15-8-10-17(27)11-9-15)24-21(29)19(13-26)25-22(30)31-14-16-6-4-3-5-7-16/h3-11,18-19,26-27H,2,12-14H2,1H3,(H,23,28)(H,24,29)(H,25,30). The van der Waals surface area contributed by atoms with Crippen LogP contribution in [0.3, 0.4) is 0 Å². The molecule has 166 valence electrons. The Bertz CT molecular complexity index is 857. The first kappa shape index (κ1) is 23.7. The van der Waals surface area contributed by atoms with Crippen molar-refractivity contribution in [3.63, 3.8) is 0 Å². The van der Waals surface area contributed by atoms with Crippen molar-refractivity contribution in [1.29, 1.82) is 0 Å². The van der Waals surface area contributed by atoms with Gasteiger partial charge in [0.1, 0.15) is 24.4 Å². The van der Waals surface area contributed by atoms with Crippen LogP contribution in [0.5, 0.6) is 5.75 Å². The molecule has 0 heterocycles. The first-order chi connectivity index (χ1) is 14.9. The predicted octanol–water partition coefficient (Wildman–Crippen LogP) is 0.843. The second kappa shape index (κ2) is 12.2. The maximum atomic E-state index is 12.6. The lowest BCUT2D eigenvalue weighted by Gasteiger charge is -2.22. The quantitative estimate of drug-likeness (QED) is 0.380. The molecule has 9 heteroatoms. The monoisotopic (exact) mass is 429 g/mol. The van der Waals surface area contributed by atoms with Crippen molar-refractivity contribution in [3.05, 3.63) is 65.7 Å². The third kappa shape index (κ3) is 7.98. The molecular weight excluding hydrogens is 402 g/mol. The molecule has 2 atom stereocenters. The number of phenols is 1. The minimum atomic E-state index is -1.29. The third-order valence-electron chi connectivity index (χ3n) is 4.36. The van der Waals surface area contributed by atoms with Crippen molar-refractivity contribution in [1.82, 2.24) is 16.0 Å². The summed E-state index contributed by atoms with van der Waals surface area (Å²) in [7, 11) is 0. The van der Waals surface area contributed by atoms with Gasteiger partial charge in [0, 0.05) is 13.0 Å². The molecule has 2 aromatic rings. The van der Waals surface area contributed by atoms with E-state index in [0.717, 1.165) is 5.56 Å². The van der Waals surface area contributed by atoms with Gasteiger partial charge in [-0.05, 0) is 30.2 Å². The van der Waals surface area contributed by atoms with E-state index in [1.54, 1.807) is 43.3 Å². The van der Waals surface area contributed by atoms with E-state index in [0.29, 0.717) is 12.1 Å². The maximum absolute atomic E-state index is 12.6. The number of hydrogen-bond acceptors (Lipinski definition) is 6. The molecule has 5 N–H and O–H groups in total. The largest absolute Gasteiger partial charge is 0.508 e. The molecule has 31 heavy (non-hydrogen) atoms. The van der Waals surface area contributed by atoms with Crippen LogP contribution in [0, 0.1) is 0 Å². The summed E-state index contributed by atoms with van der Waals surface area (Å²) in [6, 6.07) is 13.0. The van der Waals surface area contributed by atoms with E-state index >= 15 is 0 Å². The Morgan fingerprint density at radius 3 is 2.19 bits per heavy atom. The normalized spacial score (nSPS) is 12.3. The van der Waals surface area contributed by atoms with Crippen molar-refractivity contribution in [2.24, 2.45) is 0 Å². The number of likely N-dealkylation sites (N-methyl/N-ethyl adjacent to an activating group) is 1. The van der Waals surface area contributed by atoms with Crippen molar-refractivity contribution < 1.29 is 29.3 Å². The zero-order valence-electron chi connectivity index (χ0n) is 17.2. The average molecular weight is 429 g/mol. The molecule has 0 aliphatic rings. The highest BCUT2D eigenvalue weighted by molar-refractivity contribution is 5.91. The highest BCUT2D eigenvalue weighted by Crippen LogP contribution is 2.11. The van der Waals surface area contributed by atoms with Gasteiger partial charge in [0.2, 0.25) is 11.8 Å². The van der Waals surface area contributed by atoms with Crippen LogP contribution in [-0.4, -0.2) is 53.4 Å². The van der Waals surface area contributed by atoms with Gasteiger partial charge in [0.25, 0.3) is 0 Å². The summed E-state index contributed by atoms with van der Waals surface area (Å²) in [5.41, 5.74) is 1.48. The number of benzene rings is 2. The Kier molecular flexibility index (Phi) is 9.31. The van der Waals surface area contributed by atoms with Crippen LogP contribution in [0.4, 0.5) is 4.79 Å². The van der Waals surface area contributed by atoms with Gasteiger partial charge in [-0.15, -0.1) is 0 Å². The van der Waals surface area contributed by atoms with Crippen molar-refractivity contribution in [3.8, 4) is 5.75 Å². The number of carbonyl (C=O) groups is 3. The number of aromatic hydroxyl groups is 1. The molecule has 0 bridgehead atoms. The molecule has 0 saturated carbocycles. The lowest BCUT2D eigenvalue weighted by atomic mass is 10.0. The number of phenolic OH excluding ortho intramolecular Hbond substituents is 1. The van der Waals surface area contributed by atoms with Crippen LogP contribution in [-0.2, 0) is 27.4 Å². The number of carbonyl (C=O) groups excluding carboxylic acids is 3. The van der Waals surface area contributed by atoms with E-state index in [2.05, 4.69) is 16.0 Å². The van der Waals surface area contributed by atoms with E-state index in [1.807, 2.05) is 6.07 Å². The first-order valence-electron chi connectivity index (χ1n) is 9.87. The number of amides is 3. The van der Waals surface area contributed by atoms with Crippen molar-refractivity contribution >= 4 is 17.9 Å². The SMILES string of the molecule is CCNC(=O)C(Cc1ccc(O)cc1)NC(=O)C(CO)NC(=O)OCc1ccccc1. The molecule has 0 aliphatic heterocycles. The molecule has 2 aromatic carbocycles. The molecule has 3 amide bonds. The summed E-state index contributed by atoms with van der Waals surface area (Å²) < 4.78 is 5.06. The highest BCUT2D eigenvalue weighted by Gasteiger charge is 2.26. The summed E-state index contributed by atoms with van der Waals surface area (Å²) in [5, 5.41) is 26.4. The number of nitrogens with one attached hydrogen (secondary N) is 3. The zero-order chi connectivity index (χ0) is 22.6. The fraction of sp³-hybridized carbons (Fsp3) is 0.318. The Morgan fingerprint density at radius 2 is 1.58 bits per heavy atom. The maximum Gasteiger partial charge on any atom is 0.408 e. The molecule has 0 fully saturated rings. The topological polar surface area (TPSA) is 137 Å². The second-order valence-corrected chi connectivity index (χ2v) is 6.77. The van der Waals surface area contributed by atoms with E-state index in [4.69, 9.17) is 4.74 Å². The number of ether oxygens (including phenoxy) is 1. The molecule has 9 nitrogen and oxygen atoms in total. The Balaban J connectivity index is 1.97. The molecule has 0 spiro atoms. The fourth-order valence-electron chi connectivity index (χ4n) is 2.75. The number of aliphatic hydroxyl groups excluding tert-OH is 1. The van der Waals surface area contributed by atoms with Gasteiger partial charge in [0.15, 0.2) is 0 Å². The molecule has 2 rings (SSSR count). The zero-order valence-corrected chi connectivity index (χ0v) is 17.2. The lowest BCUT2D eigenvalue weighted by Crippen LogP contribution is -2.55. The fourth-order valence-corrected chi connectivity index (χ4v) is 2.75. The van der Waals surface area contributed by atoms with E-state index < -0.39 is 36.6 Å². The van der Waals surface area contributed by atoms with Gasteiger partial charge in [-0.25, -0.2) is 4.79 Å². The molecule has 0 aliphatic carbocycles. The minimum Gasteiger partial charge on any atom is -0.508 e. The summed E-state index contributed by atoms with van der Waals surface area (Å²) in [6.45, 7) is 1.45. The molecular formula is C22H27N3O6. The van der Waals surface area contributed by atoms with Gasteiger partial charge in [-0.2, -0.15) is 0 Å². The van der Waals surface area contributed by atoms with Crippen LogP contribution < -0.4 is 16.0 Å². The van der Waals surface area contributed by atoms with E-state index in [-0.39, 0.29) is 18.8 Å². The van der Waals surface area contributed by atoms with Crippen LogP contribution >= 0.6 is 0 Å². The van der Waals surface area contributed by atoms with Crippen LogP contribution in [0.2, 0.25) is 0 Å².